The zero-order valence-electron chi connectivity index (χ0n) is 9.52. The molecular formula is C14H17NO. The molecule has 0 heterocycles. The van der Waals surface area contributed by atoms with Crippen molar-refractivity contribution in [3.8, 4) is 0 Å². The third-order valence-corrected chi connectivity index (χ3v) is 2.93. The highest BCUT2D eigenvalue weighted by molar-refractivity contribution is 5.91. The Morgan fingerprint density at radius 3 is 2.69 bits per heavy atom. The van der Waals surface area contributed by atoms with Crippen LogP contribution in [0, 0.1) is 5.92 Å². The van der Waals surface area contributed by atoms with E-state index < -0.39 is 0 Å². The molecule has 0 spiro atoms. The van der Waals surface area contributed by atoms with E-state index in [4.69, 9.17) is 0 Å². The van der Waals surface area contributed by atoms with Crippen LogP contribution < -0.4 is 5.32 Å². The van der Waals surface area contributed by atoms with Gasteiger partial charge in [-0.05, 0) is 37.3 Å². The van der Waals surface area contributed by atoms with Crippen LogP contribution in [0.15, 0.2) is 36.4 Å². The molecule has 1 aromatic rings. The van der Waals surface area contributed by atoms with Gasteiger partial charge in [-0.25, -0.2) is 0 Å². The van der Waals surface area contributed by atoms with E-state index in [1.165, 1.54) is 12.8 Å². The van der Waals surface area contributed by atoms with Gasteiger partial charge in [0, 0.05) is 12.1 Å². The smallest absolute Gasteiger partial charge is 0.244 e. The Bertz CT molecular complexity index is 379. The van der Waals surface area contributed by atoms with Gasteiger partial charge in [0.1, 0.15) is 0 Å². The molecular weight excluding hydrogens is 198 g/mol. The summed E-state index contributed by atoms with van der Waals surface area (Å²) in [4.78, 5) is 11.6. The van der Waals surface area contributed by atoms with Crippen molar-refractivity contribution < 1.29 is 4.79 Å². The number of amides is 1. The fourth-order valence-electron chi connectivity index (χ4n) is 1.72. The summed E-state index contributed by atoms with van der Waals surface area (Å²) in [7, 11) is 0. The summed E-state index contributed by atoms with van der Waals surface area (Å²) in [6.45, 7) is 2.08. The first-order valence-corrected chi connectivity index (χ1v) is 5.79. The zero-order chi connectivity index (χ0) is 11.4. The van der Waals surface area contributed by atoms with Gasteiger partial charge in [-0.3, -0.25) is 4.79 Å². The molecule has 0 aromatic heterocycles. The Morgan fingerprint density at radius 2 is 2.06 bits per heavy atom. The topological polar surface area (TPSA) is 29.1 Å². The first-order valence-electron chi connectivity index (χ1n) is 5.79. The van der Waals surface area contributed by atoms with Crippen LogP contribution in [-0.2, 0) is 4.79 Å². The van der Waals surface area contributed by atoms with Crippen LogP contribution in [-0.4, -0.2) is 11.9 Å². The molecule has 1 atom stereocenters. The van der Waals surface area contributed by atoms with Crippen molar-refractivity contribution in [2.75, 3.05) is 0 Å². The van der Waals surface area contributed by atoms with Gasteiger partial charge in [0.25, 0.3) is 0 Å². The van der Waals surface area contributed by atoms with Gasteiger partial charge in [-0.2, -0.15) is 0 Å². The fraction of sp³-hybridized carbons (Fsp3) is 0.357. The number of rotatable bonds is 4. The number of hydrogen-bond donors (Lipinski definition) is 1. The van der Waals surface area contributed by atoms with E-state index >= 15 is 0 Å². The van der Waals surface area contributed by atoms with Crippen molar-refractivity contribution in [2.24, 2.45) is 5.92 Å². The van der Waals surface area contributed by atoms with E-state index in [0.717, 1.165) is 5.56 Å². The van der Waals surface area contributed by atoms with Crippen molar-refractivity contribution >= 4 is 12.0 Å². The SMILES string of the molecule is CC(NC(=O)/C=C/c1ccccc1)C1CC1. The molecule has 0 radical (unpaired) electrons. The molecule has 1 N–H and O–H groups in total. The average Bonchev–Trinajstić information content (AvgIpc) is 3.11. The maximum Gasteiger partial charge on any atom is 0.244 e. The minimum absolute atomic E-state index is 0.00301. The van der Waals surface area contributed by atoms with Gasteiger partial charge < -0.3 is 5.32 Å². The molecule has 0 saturated heterocycles. The standard InChI is InChI=1S/C14H17NO/c1-11(13-8-9-13)15-14(16)10-7-12-5-3-2-4-6-12/h2-7,10-11,13H,8-9H2,1H3,(H,15,16)/b10-7+. The van der Waals surface area contributed by atoms with Crippen LogP contribution in [0.5, 0.6) is 0 Å². The molecule has 1 aromatic carbocycles. The molecule has 1 unspecified atom stereocenters. The van der Waals surface area contributed by atoms with E-state index in [9.17, 15) is 4.79 Å². The van der Waals surface area contributed by atoms with Crippen LogP contribution >= 0.6 is 0 Å². The van der Waals surface area contributed by atoms with Gasteiger partial charge >= 0.3 is 0 Å². The van der Waals surface area contributed by atoms with Crippen LogP contribution in [0.2, 0.25) is 0 Å². The van der Waals surface area contributed by atoms with Crippen LogP contribution in [0.1, 0.15) is 25.3 Å². The number of carbonyl (C=O) groups is 1. The number of hydrogen-bond acceptors (Lipinski definition) is 1. The van der Waals surface area contributed by atoms with Gasteiger partial charge in [-0.15, -0.1) is 0 Å². The lowest BCUT2D eigenvalue weighted by molar-refractivity contribution is -0.117. The second-order valence-corrected chi connectivity index (χ2v) is 4.38. The summed E-state index contributed by atoms with van der Waals surface area (Å²) in [5, 5.41) is 2.99. The maximum atomic E-state index is 11.6. The molecule has 84 valence electrons. The third kappa shape index (κ3) is 3.23. The van der Waals surface area contributed by atoms with Gasteiger partial charge in [-0.1, -0.05) is 30.3 Å². The van der Waals surface area contributed by atoms with E-state index in [1.54, 1.807) is 6.08 Å². The van der Waals surface area contributed by atoms with Crippen molar-refractivity contribution in [1.82, 2.24) is 5.32 Å². The summed E-state index contributed by atoms with van der Waals surface area (Å²) >= 11 is 0. The molecule has 2 heteroatoms. The second kappa shape index (κ2) is 4.97. The molecule has 0 aliphatic heterocycles. The molecule has 1 fully saturated rings. The maximum absolute atomic E-state index is 11.6. The van der Waals surface area contributed by atoms with Crippen molar-refractivity contribution in [3.63, 3.8) is 0 Å². The first-order chi connectivity index (χ1) is 7.75. The molecule has 1 amide bonds. The lowest BCUT2D eigenvalue weighted by Gasteiger charge is -2.10. The number of benzene rings is 1. The summed E-state index contributed by atoms with van der Waals surface area (Å²) in [6.07, 6.45) is 5.96. The lowest BCUT2D eigenvalue weighted by Crippen LogP contribution is -2.32. The molecule has 2 nitrogen and oxygen atoms in total. The van der Waals surface area contributed by atoms with E-state index in [0.29, 0.717) is 12.0 Å². The lowest BCUT2D eigenvalue weighted by atomic mass is 10.2. The number of nitrogens with one attached hydrogen (secondary N) is 1. The average molecular weight is 215 g/mol. The Kier molecular flexibility index (Phi) is 3.40. The third-order valence-electron chi connectivity index (χ3n) is 2.93. The molecule has 1 aliphatic rings. The molecule has 0 bridgehead atoms. The quantitative estimate of drug-likeness (QED) is 0.768. The minimum Gasteiger partial charge on any atom is -0.350 e. The zero-order valence-corrected chi connectivity index (χ0v) is 9.52. The second-order valence-electron chi connectivity index (χ2n) is 4.38. The van der Waals surface area contributed by atoms with E-state index in [-0.39, 0.29) is 5.91 Å². The highest BCUT2D eigenvalue weighted by atomic mass is 16.1. The van der Waals surface area contributed by atoms with Crippen molar-refractivity contribution in [3.05, 3.63) is 42.0 Å². The summed E-state index contributed by atoms with van der Waals surface area (Å²) in [6, 6.07) is 10.2. The predicted molar refractivity (Wildman–Crippen MR) is 65.8 cm³/mol. The van der Waals surface area contributed by atoms with Gasteiger partial charge in [0.2, 0.25) is 5.91 Å². The fourth-order valence-corrected chi connectivity index (χ4v) is 1.72. The Balaban J connectivity index is 1.84. The monoisotopic (exact) mass is 215 g/mol. The highest BCUT2D eigenvalue weighted by Gasteiger charge is 2.28. The number of carbonyl (C=O) groups excluding carboxylic acids is 1. The van der Waals surface area contributed by atoms with Crippen LogP contribution in [0.4, 0.5) is 0 Å². The van der Waals surface area contributed by atoms with E-state index in [1.807, 2.05) is 36.4 Å². The minimum atomic E-state index is 0.00301. The molecule has 2 rings (SSSR count). The normalized spacial score (nSPS) is 17.3. The first kappa shape index (κ1) is 10.9. The van der Waals surface area contributed by atoms with Crippen LogP contribution in [0.3, 0.4) is 0 Å². The summed E-state index contributed by atoms with van der Waals surface area (Å²) < 4.78 is 0. The summed E-state index contributed by atoms with van der Waals surface area (Å²) in [5.41, 5.74) is 1.05. The highest BCUT2D eigenvalue weighted by Crippen LogP contribution is 2.32. The largest absolute Gasteiger partial charge is 0.350 e. The molecule has 1 saturated carbocycles. The Morgan fingerprint density at radius 1 is 1.38 bits per heavy atom. The summed E-state index contributed by atoms with van der Waals surface area (Å²) in [5.74, 6) is 0.706. The van der Waals surface area contributed by atoms with Crippen LogP contribution in [0.25, 0.3) is 6.08 Å². The van der Waals surface area contributed by atoms with Crippen molar-refractivity contribution in [1.29, 1.82) is 0 Å². The van der Waals surface area contributed by atoms with Gasteiger partial charge in [0.05, 0.1) is 0 Å². The Hall–Kier alpha value is -1.57. The predicted octanol–water partition coefficient (Wildman–Crippen LogP) is 2.61. The van der Waals surface area contributed by atoms with Crippen molar-refractivity contribution in [2.45, 2.75) is 25.8 Å². The molecule has 1 aliphatic carbocycles. The van der Waals surface area contributed by atoms with Gasteiger partial charge in [0.15, 0.2) is 0 Å². The Labute approximate surface area is 96.4 Å². The van der Waals surface area contributed by atoms with E-state index in [2.05, 4.69) is 12.2 Å². The molecule has 16 heavy (non-hydrogen) atoms.